The predicted molar refractivity (Wildman–Crippen MR) is 134 cm³/mol. The number of aromatic amines is 1. The summed E-state index contributed by atoms with van der Waals surface area (Å²) in [6.07, 6.45) is 4.73. The molecule has 1 saturated heterocycles. The largest absolute Gasteiger partial charge is 0.455 e. The summed E-state index contributed by atoms with van der Waals surface area (Å²) in [5.41, 5.74) is 0.376. The van der Waals surface area contributed by atoms with Crippen LogP contribution in [0.1, 0.15) is 44.6 Å². The summed E-state index contributed by atoms with van der Waals surface area (Å²) in [6.45, 7) is 7.51. The quantitative estimate of drug-likeness (QED) is 0.357. The molecule has 1 aromatic rings. The van der Waals surface area contributed by atoms with Crippen molar-refractivity contribution in [3.8, 4) is 0 Å². The molecule has 37 heavy (non-hydrogen) atoms. The van der Waals surface area contributed by atoms with E-state index >= 15 is 0 Å². The van der Waals surface area contributed by atoms with E-state index in [1.807, 2.05) is 26.8 Å². The summed E-state index contributed by atoms with van der Waals surface area (Å²) >= 11 is 0. The van der Waals surface area contributed by atoms with Crippen molar-refractivity contribution in [2.24, 2.45) is 29.6 Å². The van der Waals surface area contributed by atoms with Crippen LogP contribution in [0, 0.1) is 29.6 Å². The minimum Gasteiger partial charge on any atom is -0.455 e. The molecule has 4 aliphatic rings. The van der Waals surface area contributed by atoms with E-state index in [0.29, 0.717) is 12.1 Å². The van der Waals surface area contributed by atoms with Crippen LogP contribution in [0.25, 0.3) is 0 Å². The van der Waals surface area contributed by atoms with E-state index in [-0.39, 0.29) is 35.5 Å². The zero-order valence-corrected chi connectivity index (χ0v) is 22.0. The molecule has 2 fully saturated rings. The second kappa shape index (κ2) is 9.69. The summed E-state index contributed by atoms with van der Waals surface area (Å²) in [7, 11) is 1.50. The van der Waals surface area contributed by atoms with Gasteiger partial charge in [-0.15, -0.1) is 0 Å². The third-order valence-electron chi connectivity index (χ3n) is 9.12. The fraction of sp³-hybridized carbons (Fsp3) is 0.643. The van der Waals surface area contributed by atoms with Gasteiger partial charge in [0.05, 0.1) is 18.2 Å². The van der Waals surface area contributed by atoms with E-state index in [9.17, 15) is 19.8 Å². The maximum atomic E-state index is 13.2. The summed E-state index contributed by atoms with van der Waals surface area (Å²) in [5, 5.41) is 25.1. The van der Waals surface area contributed by atoms with Crippen molar-refractivity contribution in [1.29, 1.82) is 0 Å². The Kier molecular flexibility index (Phi) is 6.85. The summed E-state index contributed by atoms with van der Waals surface area (Å²) < 4.78 is 18.6. The van der Waals surface area contributed by atoms with Crippen LogP contribution in [-0.2, 0) is 19.0 Å². The molecule has 3 heterocycles. The molecular weight excluding hydrogens is 476 g/mol. The SMILES string of the molecule is CO[C@H]1C[C@H]2C=CC3C4[C@H](O)[C@@H](C)[C@@H](OC(=O)c5ccc[nH]5)[C@@H]3O[C@]42/C(C)=C/[C@@H](C)C([C@@H](C)O)NC1=O. The number of hydrogen-bond acceptors (Lipinski definition) is 7. The Morgan fingerprint density at radius 1 is 1.30 bits per heavy atom. The maximum Gasteiger partial charge on any atom is 0.355 e. The fourth-order valence-corrected chi connectivity index (χ4v) is 7.27. The molecule has 0 aromatic carbocycles. The van der Waals surface area contributed by atoms with Gasteiger partial charge in [-0.05, 0) is 43.9 Å². The van der Waals surface area contributed by atoms with Gasteiger partial charge in [0, 0.05) is 37.0 Å². The van der Waals surface area contributed by atoms with E-state index in [0.717, 1.165) is 5.57 Å². The van der Waals surface area contributed by atoms with Gasteiger partial charge in [-0.2, -0.15) is 0 Å². The fourth-order valence-electron chi connectivity index (χ4n) is 7.27. The summed E-state index contributed by atoms with van der Waals surface area (Å²) in [6, 6.07) is 2.87. The molecule has 1 amide bonds. The highest BCUT2D eigenvalue weighted by Gasteiger charge is 2.69. The Morgan fingerprint density at radius 2 is 2.05 bits per heavy atom. The third kappa shape index (κ3) is 4.07. The van der Waals surface area contributed by atoms with Gasteiger partial charge >= 0.3 is 5.97 Å². The molecule has 4 bridgehead atoms. The average Bonchev–Trinajstić information content (AvgIpc) is 3.46. The monoisotopic (exact) mass is 514 g/mol. The summed E-state index contributed by atoms with van der Waals surface area (Å²) in [4.78, 5) is 28.9. The van der Waals surface area contributed by atoms with E-state index in [1.54, 1.807) is 25.3 Å². The second-order valence-corrected chi connectivity index (χ2v) is 11.2. The molecule has 202 valence electrons. The number of ether oxygens (including phenoxy) is 3. The molecule has 4 N–H and O–H groups in total. The number of aromatic nitrogens is 1. The van der Waals surface area contributed by atoms with Crippen molar-refractivity contribution in [2.45, 2.75) is 76.3 Å². The zero-order valence-electron chi connectivity index (χ0n) is 22.0. The molecular formula is C28H38N2O7. The first-order valence-electron chi connectivity index (χ1n) is 13.2. The lowest BCUT2D eigenvalue weighted by Gasteiger charge is -2.49. The Bertz CT molecular complexity index is 1080. The van der Waals surface area contributed by atoms with Crippen LogP contribution < -0.4 is 5.32 Å². The number of carbonyl (C=O) groups excluding carboxylic acids is 2. The van der Waals surface area contributed by atoms with Crippen LogP contribution in [0.3, 0.4) is 0 Å². The van der Waals surface area contributed by atoms with E-state index in [1.165, 1.54) is 7.11 Å². The van der Waals surface area contributed by atoms with Crippen molar-refractivity contribution in [2.75, 3.05) is 7.11 Å². The van der Waals surface area contributed by atoms with Gasteiger partial charge in [0.15, 0.2) is 0 Å². The van der Waals surface area contributed by atoms with Gasteiger partial charge < -0.3 is 34.7 Å². The second-order valence-electron chi connectivity index (χ2n) is 11.2. The molecule has 12 atom stereocenters. The number of rotatable bonds is 4. The van der Waals surface area contributed by atoms with Gasteiger partial charge in [0.2, 0.25) is 5.91 Å². The van der Waals surface area contributed by atoms with Crippen LogP contribution >= 0.6 is 0 Å². The minimum atomic E-state index is -0.906. The topological polar surface area (TPSA) is 130 Å². The number of aliphatic hydroxyl groups is 2. The van der Waals surface area contributed by atoms with Gasteiger partial charge in [-0.3, -0.25) is 4.79 Å². The van der Waals surface area contributed by atoms with Crippen molar-refractivity contribution in [3.63, 3.8) is 0 Å². The lowest BCUT2D eigenvalue weighted by atomic mass is 9.57. The Hall–Kier alpha value is -2.46. The van der Waals surface area contributed by atoms with Crippen LogP contribution in [0.15, 0.2) is 42.1 Å². The number of nitrogens with one attached hydrogen (secondary N) is 2. The van der Waals surface area contributed by atoms with Gasteiger partial charge in [-0.25, -0.2) is 4.79 Å². The van der Waals surface area contributed by atoms with Crippen molar-refractivity contribution < 1.29 is 34.0 Å². The predicted octanol–water partition coefficient (Wildman–Crippen LogP) is 1.97. The molecule has 1 saturated carbocycles. The third-order valence-corrected chi connectivity index (χ3v) is 9.12. The first-order valence-corrected chi connectivity index (χ1v) is 13.2. The van der Waals surface area contributed by atoms with Crippen LogP contribution in [0.4, 0.5) is 0 Å². The number of methoxy groups -OCH3 is 1. The van der Waals surface area contributed by atoms with Crippen molar-refractivity contribution in [1.82, 2.24) is 10.3 Å². The molecule has 5 rings (SSSR count). The summed E-state index contributed by atoms with van der Waals surface area (Å²) in [5.74, 6) is -2.03. The molecule has 1 spiro atoms. The number of carbonyl (C=O) groups is 2. The molecule has 2 aliphatic heterocycles. The molecule has 0 radical (unpaired) electrons. The standard InChI is InChI=1S/C28H38N2O7/c1-13-11-14(2)28-17(12-20(35-5)26(33)30-22(13)16(4)31)8-9-18-21(28)23(32)15(3)24(25(18)37-28)36-27(34)19-7-6-10-29-19/h6-11,13,15-18,20-25,29,31-32H,12H2,1-5H3,(H,30,33)/b14-11+/t13-,15-,16-,17-,18?,20+,21?,22?,23-,24-,25-,28+/m1/s1. The molecule has 1 aromatic heterocycles. The number of amides is 1. The maximum absolute atomic E-state index is 13.2. The van der Waals surface area contributed by atoms with Gasteiger partial charge in [-0.1, -0.05) is 32.1 Å². The van der Waals surface area contributed by atoms with E-state index in [2.05, 4.69) is 22.5 Å². The number of H-pyrrole nitrogens is 1. The molecule has 3 unspecified atom stereocenters. The number of aliphatic hydroxyl groups excluding tert-OH is 2. The molecule has 2 aliphatic carbocycles. The normalized spacial score (nSPS) is 45.3. The number of esters is 1. The van der Waals surface area contributed by atoms with E-state index in [4.69, 9.17) is 14.2 Å². The zero-order chi connectivity index (χ0) is 26.6. The number of hydrogen-bond donors (Lipinski definition) is 4. The van der Waals surface area contributed by atoms with Crippen molar-refractivity contribution >= 4 is 11.9 Å². The van der Waals surface area contributed by atoms with Crippen LogP contribution in [0.2, 0.25) is 0 Å². The smallest absolute Gasteiger partial charge is 0.355 e. The van der Waals surface area contributed by atoms with E-state index < -0.39 is 48.1 Å². The Labute approximate surface area is 217 Å². The van der Waals surface area contributed by atoms with Crippen molar-refractivity contribution in [3.05, 3.63) is 47.8 Å². The highest BCUT2D eigenvalue weighted by molar-refractivity contribution is 5.87. The minimum absolute atomic E-state index is 0.159. The highest BCUT2D eigenvalue weighted by atomic mass is 16.6. The van der Waals surface area contributed by atoms with Crippen LogP contribution in [0.5, 0.6) is 0 Å². The van der Waals surface area contributed by atoms with Crippen LogP contribution in [-0.4, -0.2) is 76.3 Å². The molecule has 9 nitrogen and oxygen atoms in total. The Morgan fingerprint density at radius 3 is 2.70 bits per heavy atom. The first-order chi connectivity index (χ1) is 17.6. The first kappa shape index (κ1) is 26.2. The lowest BCUT2D eigenvalue weighted by molar-refractivity contribution is -0.137. The Balaban J connectivity index is 1.58. The highest BCUT2D eigenvalue weighted by Crippen LogP contribution is 2.61. The average molecular weight is 515 g/mol. The molecule has 9 heteroatoms. The van der Waals surface area contributed by atoms with Gasteiger partial charge in [0.1, 0.15) is 29.6 Å². The van der Waals surface area contributed by atoms with Gasteiger partial charge in [0.25, 0.3) is 0 Å². The lowest BCUT2D eigenvalue weighted by Crippen LogP contribution is -2.58.